The first-order valence-electron chi connectivity index (χ1n) is 10.4. The van der Waals surface area contributed by atoms with Gasteiger partial charge in [-0.2, -0.15) is 4.31 Å². The molecule has 0 saturated carbocycles. The van der Waals surface area contributed by atoms with Crippen molar-refractivity contribution in [2.45, 2.75) is 24.2 Å². The molecule has 2 heterocycles. The molecule has 2 aromatic carbocycles. The van der Waals surface area contributed by atoms with Gasteiger partial charge in [-0.3, -0.25) is 4.79 Å². The van der Waals surface area contributed by atoms with Crippen LogP contribution in [0.1, 0.15) is 29.6 Å². The number of ether oxygens (including phenoxy) is 2. The number of benzene rings is 2. The van der Waals surface area contributed by atoms with Crippen LogP contribution in [0.5, 0.6) is 11.5 Å². The number of hydrogen-bond acceptors (Lipinski definition) is 6. The number of fused-ring (bicyclic) bond motifs is 1. The van der Waals surface area contributed by atoms with E-state index < -0.39 is 16.0 Å². The molecule has 2 aliphatic rings. The van der Waals surface area contributed by atoms with Gasteiger partial charge < -0.3 is 19.9 Å². The number of hydrogen-bond donors (Lipinski definition) is 2. The van der Waals surface area contributed by atoms with E-state index in [2.05, 4.69) is 5.32 Å². The summed E-state index contributed by atoms with van der Waals surface area (Å²) in [7, 11) is -3.72. The normalized spacial score (nSPS) is 17.4. The number of sulfonamides is 1. The molecule has 0 aliphatic carbocycles. The molecule has 0 bridgehead atoms. The molecule has 32 heavy (non-hydrogen) atoms. The van der Waals surface area contributed by atoms with Crippen LogP contribution < -0.4 is 14.8 Å². The van der Waals surface area contributed by atoms with Crippen LogP contribution >= 0.6 is 0 Å². The Labute approximate surface area is 186 Å². The Kier molecular flexibility index (Phi) is 6.33. The fourth-order valence-corrected chi connectivity index (χ4v) is 5.24. The first-order valence-corrected chi connectivity index (χ1v) is 11.8. The van der Waals surface area contributed by atoms with Gasteiger partial charge in [0.05, 0.1) is 23.7 Å². The molecule has 1 saturated heterocycles. The Bertz CT molecular complexity index is 1110. The van der Waals surface area contributed by atoms with Gasteiger partial charge in [0.25, 0.3) is 0 Å². The summed E-state index contributed by atoms with van der Waals surface area (Å²) in [5.41, 5.74) is 0.638. The Morgan fingerprint density at radius 2 is 1.62 bits per heavy atom. The van der Waals surface area contributed by atoms with E-state index in [1.807, 2.05) is 0 Å². The van der Waals surface area contributed by atoms with Crippen LogP contribution in [0, 0.1) is 5.92 Å². The smallest absolute Gasteiger partial charge is 0.335 e. The molecular weight excluding hydrogens is 436 g/mol. The summed E-state index contributed by atoms with van der Waals surface area (Å²) in [5, 5.41) is 11.7. The highest BCUT2D eigenvalue weighted by molar-refractivity contribution is 7.89. The van der Waals surface area contributed by atoms with Gasteiger partial charge >= 0.3 is 5.97 Å². The van der Waals surface area contributed by atoms with Crippen molar-refractivity contribution >= 4 is 27.6 Å². The Hall–Kier alpha value is -3.11. The third-order valence-corrected chi connectivity index (χ3v) is 7.48. The molecule has 0 spiro atoms. The molecule has 2 N–H and O–H groups in total. The van der Waals surface area contributed by atoms with Gasteiger partial charge in [0.1, 0.15) is 0 Å². The van der Waals surface area contributed by atoms with Crippen molar-refractivity contribution in [2.24, 2.45) is 5.92 Å². The number of carboxylic acids is 1. The van der Waals surface area contributed by atoms with Crippen LogP contribution in [0.4, 0.5) is 5.69 Å². The lowest BCUT2D eigenvalue weighted by atomic mass is 9.97. The number of piperidine rings is 1. The average Bonchev–Trinajstić information content (AvgIpc) is 3.04. The number of nitrogens with one attached hydrogen (secondary N) is 1. The highest BCUT2D eigenvalue weighted by Gasteiger charge is 2.32. The summed E-state index contributed by atoms with van der Waals surface area (Å²) < 4.78 is 38.7. The number of anilines is 1. The zero-order chi connectivity index (χ0) is 22.7. The molecule has 2 aliphatic heterocycles. The van der Waals surface area contributed by atoms with E-state index >= 15 is 0 Å². The van der Waals surface area contributed by atoms with Crippen molar-refractivity contribution in [1.29, 1.82) is 0 Å². The third-order valence-electron chi connectivity index (χ3n) is 5.58. The van der Waals surface area contributed by atoms with Crippen LogP contribution in [-0.2, 0) is 14.8 Å². The SMILES string of the molecule is O=C(O)c1ccc(NC(=O)C2CCN(S(=O)(=O)c3ccc4c(c3)OCCCO4)CC2)cc1. The second-order valence-electron chi connectivity index (χ2n) is 7.71. The second-order valence-corrected chi connectivity index (χ2v) is 9.65. The fraction of sp³-hybridized carbons (Fsp3) is 0.364. The molecule has 1 fully saturated rings. The summed E-state index contributed by atoms with van der Waals surface area (Å²) in [6, 6.07) is 10.5. The molecule has 2 aromatic rings. The van der Waals surface area contributed by atoms with Crippen LogP contribution in [0.2, 0.25) is 0 Å². The van der Waals surface area contributed by atoms with Gasteiger partial charge in [-0.25, -0.2) is 13.2 Å². The van der Waals surface area contributed by atoms with Gasteiger partial charge in [-0.1, -0.05) is 0 Å². The number of amides is 1. The first kappa shape index (κ1) is 22.1. The maximum Gasteiger partial charge on any atom is 0.335 e. The zero-order valence-electron chi connectivity index (χ0n) is 17.3. The number of aromatic carboxylic acids is 1. The minimum atomic E-state index is -3.72. The van der Waals surface area contributed by atoms with Crippen molar-refractivity contribution in [2.75, 3.05) is 31.6 Å². The van der Waals surface area contributed by atoms with Gasteiger partial charge in [0.15, 0.2) is 11.5 Å². The van der Waals surface area contributed by atoms with E-state index in [0.717, 1.165) is 6.42 Å². The minimum Gasteiger partial charge on any atom is -0.490 e. The lowest BCUT2D eigenvalue weighted by Crippen LogP contribution is -2.41. The van der Waals surface area contributed by atoms with Crippen LogP contribution in [-0.4, -0.2) is 56.0 Å². The lowest BCUT2D eigenvalue weighted by molar-refractivity contribution is -0.120. The number of carbonyl (C=O) groups excluding carboxylic acids is 1. The van der Waals surface area contributed by atoms with E-state index in [9.17, 15) is 18.0 Å². The molecule has 0 aromatic heterocycles. The lowest BCUT2D eigenvalue weighted by Gasteiger charge is -2.30. The number of nitrogens with zero attached hydrogens (tertiary/aromatic N) is 1. The van der Waals surface area contributed by atoms with Crippen molar-refractivity contribution in [1.82, 2.24) is 4.31 Å². The van der Waals surface area contributed by atoms with Crippen LogP contribution in [0.25, 0.3) is 0 Å². The van der Waals surface area contributed by atoms with Crippen LogP contribution in [0.3, 0.4) is 0 Å². The summed E-state index contributed by atoms with van der Waals surface area (Å²) in [4.78, 5) is 23.6. The van der Waals surface area contributed by atoms with Crippen molar-refractivity contribution < 1.29 is 32.6 Å². The number of rotatable bonds is 5. The molecule has 1 amide bonds. The Morgan fingerprint density at radius 1 is 0.969 bits per heavy atom. The summed E-state index contributed by atoms with van der Waals surface area (Å²) >= 11 is 0. The van der Waals surface area contributed by atoms with E-state index in [1.165, 1.54) is 40.7 Å². The summed E-state index contributed by atoms with van der Waals surface area (Å²) in [6.07, 6.45) is 1.52. The molecule has 4 rings (SSSR count). The fourth-order valence-electron chi connectivity index (χ4n) is 3.75. The van der Waals surface area contributed by atoms with Gasteiger partial charge in [0, 0.05) is 37.2 Å². The maximum atomic E-state index is 13.1. The Balaban J connectivity index is 1.38. The zero-order valence-corrected chi connectivity index (χ0v) is 18.1. The second kappa shape index (κ2) is 9.17. The first-order chi connectivity index (χ1) is 15.3. The van der Waals surface area contributed by atoms with E-state index in [1.54, 1.807) is 6.07 Å². The van der Waals surface area contributed by atoms with Gasteiger partial charge in [0.2, 0.25) is 15.9 Å². The predicted molar refractivity (Wildman–Crippen MR) is 116 cm³/mol. The predicted octanol–water partition coefficient (Wildman–Crippen LogP) is 2.59. The minimum absolute atomic E-state index is 0.135. The number of carbonyl (C=O) groups is 2. The van der Waals surface area contributed by atoms with Gasteiger partial charge in [-0.05, 0) is 49.2 Å². The van der Waals surface area contributed by atoms with E-state index in [4.69, 9.17) is 14.6 Å². The highest BCUT2D eigenvalue weighted by atomic mass is 32.2. The molecule has 0 atom stereocenters. The molecule has 170 valence electrons. The van der Waals surface area contributed by atoms with Crippen molar-refractivity contribution in [3.05, 3.63) is 48.0 Å². The average molecular weight is 461 g/mol. The molecule has 0 unspecified atom stereocenters. The largest absolute Gasteiger partial charge is 0.490 e. The molecular formula is C22H24N2O7S. The molecule has 0 radical (unpaired) electrons. The Morgan fingerprint density at radius 3 is 2.28 bits per heavy atom. The quantitative estimate of drug-likeness (QED) is 0.703. The third kappa shape index (κ3) is 4.71. The highest BCUT2D eigenvalue weighted by Crippen LogP contribution is 2.34. The van der Waals surface area contributed by atoms with Crippen LogP contribution in [0.15, 0.2) is 47.4 Å². The standard InChI is InChI=1S/C22H24N2O7S/c25-21(23-17-4-2-16(3-5-17)22(26)27)15-8-10-24(11-9-15)32(28,29)18-6-7-19-20(14-18)31-13-1-12-30-19/h2-7,14-15H,1,8-13H2,(H,23,25)(H,26,27). The van der Waals surface area contributed by atoms with E-state index in [0.29, 0.717) is 43.2 Å². The summed E-state index contributed by atoms with van der Waals surface area (Å²) in [6.45, 7) is 1.45. The number of carboxylic acid groups (broad SMARTS) is 1. The molecule has 10 heteroatoms. The maximum absolute atomic E-state index is 13.1. The topological polar surface area (TPSA) is 122 Å². The van der Waals surface area contributed by atoms with Crippen molar-refractivity contribution in [3.63, 3.8) is 0 Å². The molecule has 9 nitrogen and oxygen atoms in total. The van der Waals surface area contributed by atoms with Crippen molar-refractivity contribution in [3.8, 4) is 11.5 Å². The van der Waals surface area contributed by atoms with E-state index in [-0.39, 0.29) is 35.4 Å². The van der Waals surface area contributed by atoms with Gasteiger partial charge in [-0.15, -0.1) is 0 Å². The summed E-state index contributed by atoms with van der Waals surface area (Å²) in [5.74, 6) is -0.616. The monoisotopic (exact) mass is 460 g/mol.